The van der Waals surface area contributed by atoms with E-state index in [1.165, 1.54) is 12.1 Å². The molecule has 0 saturated carbocycles. The molecule has 0 aliphatic carbocycles. The number of hydrogen-bond donors (Lipinski definition) is 1. The second kappa shape index (κ2) is 4.79. The van der Waals surface area contributed by atoms with Gasteiger partial charge in [-0.3, -0.25) is 4.57 Å². The Morgan fingerprint density at radius 1 is 1.31 bits per heavy atom. The van der Waals surface area contributed by atoms with Crippen LogP contribution >= 0.6 is 0 Å². The van der Waals surface area contributed by atoms with Crippen molar-refractivity contribution in [1.82, 2.24) is 9.55 Å². The topological polar surface area (TPSA) is 29.9 Å². The first-order chi connectivity index (χ1) is 7.81. The van der Waals surface area contributed by atoms with Gasteiger partial charge in [-0.15, -0.1) is 0 Å². The maximum atomic E-state index is 12.8. The van der Waals surface area contributed by atoms with Gasteiger partial charge in [0.05, 0.1) is 0 Å². The van der Waals surface area contributed by atoms with E-state index in [2.05, 4.69) is 17.2 Å². The highest BCUT2D eigenvalue weighted by atomic mass is 19.1. The van der Waals surface area contributed by atoms with Crippen LogP contribution in [0.5, 0.6) is 0 Å². The lowest BCUT2D eigenvalue weighted by atomic mass is 10.3. The van der Waals surface area contributed by atoms with E-state index in [9.17, 15) is 4.39 Å². The molecule has 1 aromatic heterocycles. The Morgan fingerprint density at radius 2 is 2.06 bits per heavy atom. The highest BCUT2D eigenvalue weighted by Gasteiger charge is 2.03. The molecule has 3 nitrogen and oxygen atoms in total. The van der Waals surface area contributed by atoms with Crippen LogP contribution in [0.1, 0.15) is 13.3 Å². The lowest BCUT2D eigenvalue weighted by Gasteiger charge is -2.08. The fourth-order valence-corrected chi connectivity index (χ4v) is 1.48. The van der Waals surface area contributed by atoms with Gasteiger partial charge in [-0.05, 0) is 30.7 Å². The molecular weight excluding hydrogens is 205 g/mol. The van der Waals surface area contributed by atoms with Crippen molar-refractivity contribution in [2.24, 2.45) is 0 Å². The normalized spacial score (nSPS) is 10.4. The lowest BCUT2D eigenvalue weighted by Crippen LogP contribution is -2.06. The number of hydrogen-bond acceptors (Lipinski definition) is 2. The molecule has 0 spiro atoms. The minimum atomic E-state index is -0.230. The summed E-state index contributed by atoms with van der Waals surface area (Å²) in [6, 6.07) is 6.35. The van der Waals surface area contributed by atoms with Crippen LogP contribution in [0.2, 0.25) is 0 Å². The molecule has 84 valence electrons. The van der Waals surface area contributed by atoms with Crippen LogP contribution in [0.4, 0.5) is 10.3 Å². The third-order valence-electron chi connectivity index (χ3n) is 2.28. The number of benzene rings is 1. The van der Waals surface area contributed by atoms with Crippen molar-refractivity contribution in [2.75, 3.05) is 11.9 Å². The van der Waals surface area contributed by atoms with Crippen LogP contribution < -0.4 is 5.32 Å². The first-order valence-corrected chi connectivity index (χ1v) is 5.34. The van der Waals surface area contributed by atoms with Gasteiger partial charge >= 0.3 is 0 Å². The monoisotopic (exact) mass is 219 g/mol. The molecule has 1 N–H and O–H groups in total. The van der Waals surface area contributed by atoms with Gasteiger partial charge < -0.3 is 5.32 Å². The minimum absolute atomic E-state index is 0.230. The summed E-state index contributed by atoms with van der Waals surface area (Å²) in [4.78, 5) is 4.21. The number of halogens is 1. The van der Waals surface area contributed by atoms with Crippen molar-refractivity contribution in [3.63, 3.8) is 0 Å². The first-order valence-electron chi connectivity index (χ1n) is 5.34. The Hall–Kier alpha value is -1.84. The van der Waals surface area contributed by atoms with E-state index in [1.807, 2.05) is 10.8 Å². The number of imidazole rings is 1. The van der Waals surface area contributed by atoms with Crippen LogP contribution in [-0.2, 0) is 0 Å². The van der Waals surface area contributed by atoms with Gasteiger partial charge in [0.2, 0.25) is 5.95 Å². The predicted molar refractivity (Wildman–Crippen MR) is 62.3 cm³/mol. The van der Waals surface area contributed by atoms with Gasteiger partial charge in [-0.2, -0.15) is 0 Å². The van der Waals surface area contributed by atoms with E-state index < -0.39 is 0 Å². The van der Waals surface area contributed by atoms with Crippen molar-refractivity contribution >= 4 is 5.95 Å². The summed E-state index contributed by atoms with van der Waals surface area (Å²) in [7, 11) is 0. The molecule has 0 atom stereocenters. The van der Waals surface area contributed by atoms with Crippen molar-refractivity contribution in [1.29, 1.82) is 0 Å². The molecule has 16 heavy (non-hydrogen) atoms. The summed E-state index contributed by atoms with van der Waals surface area (Å²) in [6.07, 6.45) is 4.61. The fraction of sp³-hybridized carbons (Fsp3) is 0.250. The molecule has 0 fully saturated rings. The maximum absolute atomic E-state index is 12.8. The highest BCUT2D eigenvalue weighted by Crippen LogP contribution is 2.14. The summed E-state index contributed by atoms with van der Waals surface area (Å²) in [5.74, 6) is 0.556. The van der Waals surface area contributed by atoms with Crippen LogP contribution in [0.25, 0.3) is 5.69 Å². The maximum Gasteiger partial charge on any atom is 0.207 e. The summed E-state index contributed by atoms with van der Waals surface area (Å²) in [5.41, 5.74) is 0.900. The third kappa shape index (κ3) is 2.21. The number of anilines is 1. The molecule has 0 radical (unpaired) electrons. The number of rotatable bonds is 4. The number of nitrogens with zero attached hydrogens (tertiary/aromatic N) is 2. The van der Waals surface area contributed by atoms with Gasteiger partial charge in [0, 0.05) is 24.6 Å². The number of aromatic nitrogens is 2. The quantitative estimate of drug-likeness (QED) is 0.856. The molecule has 2 aromatic rings. The molecule has 0 bridgehead atoms. The Balaban J connectivity index is 2.26. The smallest absolute Gasteiger partial charge is 0.207 e. The number of nitrogens with one attached hydrogen (secondary N) is 1. The van der Waals surface area contributed by atoms with Gasteiger partial charge in [0.25, 0.3) is 0 Å². The minimum Gasteiger partial charge on any atom is -0.355 e. The molecule has 0 unspecified atom stereocenters. The molecule has 0 aliphatic heterocycles. The molecule has 0 saturated heterocycles. The zero-order valence-electron chi connectivity index (χ0n) is 9.15. The largest absolute Gasteiger partial charge is 0.355 e. The molecule has 2 rings (SSSR count). The molecule has 1 aromatic carbocycles. The Labute approximate surface area is 93.9 Å². The molecular formula is C12H14FN3. The van der Waals surface area contributed by atoms with Crippen LogP contribution in [0.15, 0.2) is 36.7 Å². The second-order valence-corrected chi connectivity index (χ2v) is 3.52. The molecule has 0 amide bonds. The summed E-state index contributed by atoms with van der Waals surface area (Å²) in [5, 5.41) is 3.21. The third-order valence-corrected chi connectivity index (χ3v) is 2.28. The average molecular weight is 219 g/mol. The average Bonchev–Trinajstić information content (AvgIpc) is 2.75. The summed E-state index contributed by atoms with van der Waals surface area (Å²) < 4.78 is 14.7. The van der Waals surface area contributed by atoms with E-state index >= 15 is 0 Å². The first kappa shape index (κ1) is 10.7. The lowest BCUT2D eigenvalue weighted by molar-refractivity contribution is 0.627. The van der Waals surface area contributed by atoms with Gasteiger partial charge in [0.15, 0.2) is 0 Å². The van der Waals surface area contributed by atoms with Crippen LogP contribution in [-0.4, -0.2) is 16.1 Å². The summed E-state index contributed by atoms with van der Waals surface area (Å²) >= 11 is 0. The van der Waals surface area contributed by atoms with Gasteiger partial charge in [0.1, 0.15) is 5.82 Å². The van der Waals surface area contributed by atoms with Crippen LogP contribution in [0.3, 0.4) is 0 Å². The van der Waals surface area contributed by atoms with Gasteiger partial charge in [-0.25, -0.2) is 9.37 Å². The zero-order chi connectivity index (χ0) is 11.4. The van der Waals surface area contributed by atoms with Crippen molar-refractivity contribution < 1.29 is 4.39 Å². The SMILES string of the molecule is CCCNc1nccn1-c1ccc(F)cc1. The zero-order valence-corrected chi connectivity index (χ0v) is 9.15. The molecule has 0 aliphatic rings. The van der Waals surface area contributed by atoms with E-state index in [0.29, 0.717) is 0 Å². The second-order valence-electron chi connectivity index (χ2n) is 3.52. The van der Waals surface area contributed by atoms with Crippen molar-refractivity contribution in [2.45, 2.75) is 13.3 Å². The highest BCUT2D eigenvalue weighted by molar-refractivity contribution is 5.41. The Morgan fingerprint density at radius 3 is 2.75 bits per heavy atom. The molecule has 1 heterocycles. The van der Waals surface area contributed by atoms with E-state index in [0.717, 1.165) is 24.6 Å². The predicted octanol–water partition coefficient (Wildman–Crippen LogP) is 2.83. The van der Waals surface area contributed by atoms with E-state index in [4.69, 9.17) is 0 Å². The van der Waals surface area contributed by atoms with Crippen molar-refractivity contribution in [3.05, 3.63) is 42.5 Å². The standard InChI is InChI=1S/C12H14FN3/c1-2-7-14-12-15-8-9-16(12)11-5-3-10(13)4-6-11/h3-6,8-9H,2,7H2,1H3,(H,14,15). The Kier molecular flexibility index (Phi) is 3.19. The van der Waals surface area contributed by atoms with Gasteiger partial charge in [-0.1, -0.05) is 6.92 Å². The Bertz CT molecular complexity index is 448. The summed E-state index contributed by atoms with van der Waals surface area (Å²) in [6.45, 7) is 2.97. The molecule has 4 heteroatoms. The van der Waals surface area contributed by atoms with E-state index in [1.54, 1.807) is 18.3 Å². The van der Waals surface area contributed by atoms with E-state index in [-0.39, 0.29) is 5.82 Å². The fourth-order valence-electron chi connectivity index (χ4n) is 1.48. The van der Waals surface area contributed by atoms with Crippen molar-refractivity contribution in [3.8, 4) is 5.69 Å². The van der Waals surface area contributed by atoms with Crippen LogP contribution in [0, 0.1) is 5.82 Å².